The van der Waals surface area contributed by atoms with E-state index in [0.29, 0.717) is 17.1 Å². The predicted octanol–water partition coefficient (Wildman–Crippen LogP) is 2.42. The monoisotopic (exact) mass is 164 g/mol. The molecule has 3 atom stereocenters. The van der Waals surface area contributed by atoms with E-state index in [0.717, 1.165) is 17.9 Å². The second-order valence-electron chi connectivity index (χ2n) is 4.93. The van der Waals surface area contributed by atoms with Gasteiger partial charge >= 0.3 is 0 Å². The number of carbonyl (C=O) groups is 1. The van der Waals surface area contributed by atoms with Gasteiger partial charge in [-0.1, -0.05) is 27.4 Å². The quantitative estimate of drug-likeness (QED) is 0.502. The largest absolute Gasteiger partial charge is 0.294 e. The van der Waals surface area contributed by atoms with Gasteiger partial charge in [0.25, 0.3) is 0 Å². The lowest BCUT2D eigenvalue weighted by Gasteiger charge is -2.16. The van der Waals surface area contributed by atoms with E-state index < -0.39 is 0 Å². The molecule has 12 heavy (non-hydrogen) atoms. The fourth-order valence-electron chi connectivity index (χ4n) is 2.83. The van der Waals surface area contributed by atoms with Crippen molar-refractivity contribution < 1.29 is 4.79 Å². The number of Topliss-reactive ketones (excluding diaryl/α,β-unsaturated/α-hetero) is 1. The first-order chi connectivity index (χ1) is 5.46. The minimum atomic E-state index is 0.223. The third-order valence-electron chi connectivity index (χ3n) is 3.80. The van der Waals surface area contributed by atoms with Gasteiger partial charge in [0.05, 0.1) is 0 Å². The minimum Gasteiger partial charge on any atom is -0.294 e. The molecule has 1 heteroatoms. The first-order valence-electron chi connectivity index (χ1n) is 4.69. The lowest BCUT2D eigenvalue weighted by Crippen LogP contribution is -2.19. The van der Waals surface area contributed by atoms with E-state index in [2.05, 4.69) is 20.4 Å². The second kappa shape index (κ2) is 2.01. The summed E-state index contributed by atoms with van der Waals surface area (Å²) in [6.45, 7) is 10.4. The summed E-state index contributed by atoms with van der Waals surface area (Å²) in [5, 5.41) is 0. The van der Waals surface area contributed by atoms with E-state index in [-0.39, 0.29) is 5.92 Å². The van der Waals surface area contributed by atoms with E-state index in [1.807, 2.05) is 6.92 Å². The molecular formula is C11H16O. The fourth-order valence-corrected chi connectivity index (χ4v) is 2.83. The van der Waals surface area contributed by atoms with E-state index in [9.17, 15) is 4.79 Å². The molecule has 0 N–H and O–H groups in total. The molecule has 0 saturated heterocycles. The highest BCUT2D eigenvalue weighted by atomic mass is 16.1. The lowest BCUT2D eigenvalue weighted by molar-refractivity contribution is -0.120. The lowest BCUT2D eigenvalue weighted by atomic mass is 9.86. The van der Waals surface area contributed by atoms with Crippen LogP contribution in [-0.4, -0.2) is 5.78 Å². The maximum Gasteiger partial charge on any atom is 0.161 e. The fraction of sp³-hybridized carbons (Fsp3) is 0.727. The number of ketones is 1. The Bertz CT molecular complexity index is 262. The van der Waals surface area contributed by atoms with Crippen molar-refractivity contribution in [2.45, 2.75) is 27.2 Å². The molecule has 3 unspecified atom stereocenters. The van der Waals surface area contributed by atoms with Crippen LogP contribution in [0.4, 0.5) is 0 Å². The van der Waals surface area contributed by atoms with Crippen LogP contribution in [0.5, 0.6) is 0 Å². The molecule has 0 aromatic carbocycles. The van der Waals surface area contributed by atoms with Crippen molar-refractivity contribution in [1.82, 2.24) is 0 Å². The molecule has 66 valence electrons. The Morgan fingerprint density at radius 1 is 1.50 bits per heavy atom. The van der Waals surface area contributed by atoms with Gasteiger partial charge in [0.15, 0.2) is 5.78 Å². The molecule has 0 aromatic heterocycles. The maximum atomic E-state index is 11.6. The normalized spacial score (nSPS) is 44.1. The van der Waals surface area contributed by atoms with Gasteiger partial charge in [-0.25, -0.2) is 0 Å². The van der Waals surface area contributed by atoms with Crippen molar-refractivity contribution in [3.8, 4) is 0 Å². The van der Waals surface area contributed by atoms with Gasteiger partial charge in [-0.15, -0.1) is 0 Å². The third-order valence-corrected chi connectivity index (χ3v) is 3.80. The molecule has 0 aromatic rings. The number of hydrogen-bond acceptors (Lipinski definition) is 1. The topological polar surface area (TPSA) is 17.1 Å². The average molecular weight is 164 g/mol. The summed E-state index contributed by atoms with van der Waals surface area (Å²) < 4.78 is 0. The zero-order valence-corrected chi connectivity index (χ0v) is 8.05. The first-order valence-corrected chi connectivity index (χ1v) is 4.69. The number of carbonyl (C=O) groups excluding carboxylic acids is 1. The Hall–Kier alpha value is -0.590. The Balaban J connectivity index is 2.27. The Kier molecular flexibility index (Phi) is 1.35. The predicted molar refractivity (Wildman–Crippen MR) is 48.7 cm³/mol. The smallest absolute Gasteiger partial charge is 0.161 e. The molecular weight excluding hydrogens is 148 g/mol. The summed E-state index contributed by atoms with van der Waals surface area (Å²) in [6, 6.07) is 0. The van der Waals surface area contributed by atoms with Crippen molar-refractivity contribution in [3.05, 3.63) is 12.2 Å². The first kappa shape index (κ1) is 8.03. The molecule has 1 nitrogen and oxygen atoms in total. The standard InChI is InChI=1S/C11H16O/c1-6-5-8-9(11(8,3)4)7(2)10(6)12/h6,8-9H,2,5H2,1,3-4H3. The zero-order valence-electron chi connectivity index (χ0n) is 8.05. The molecule has 2 aliphatic rings. The van der Waals surface area contributed by atoms with Crippen LogP contribution in [0.15, 0.2) is 12.2 Å². The molecule has 0 bridgehead atoms. The van der Waals surface area contributed by atoms with Crippen molar-refractivity contribution in [2.24, 2.45) is 23.2 Å². The summed E-state index contributed by atoms with van der Waals surface area (Å²) >= 11 is 0. The van der Waals surface area contributed by atoms with Crippen LogP contribution >= 0.6 is 0 Å². The summed E-state index contributed by atoms with van der Waals surface area (Å²) in [5.74, 6) is 1.77. The highest BCUT2D eigenvalue weighted by Gasteiger charge is 2.62. The number of hydrogen-bond donors (Lipinski definition) is 0. The average Bonchev–Trinajstić information content (AvgIpc) is 2.49. The van der Waals surface area contributed by atoms with Crippen LogP contribution in [0.3, 0.4) is 0 Å². The van der Waals surface area contributed by atoms with Crippen molar-refractivity contribution >= 4 is 5.78 Å². The van der Waals surface area contributed by atoms with Gasteiger partial charge in [-0.3, -0.25) is 4.79 Å². The van der Waals surface area contributed by atoms with Gasteiger partial charge in [0, 0.05) is 5.92 Å². The maximum absolute atomic E-state index is 11.6. The summed E-state index contributed by atoms with van der Waals surface area (Å²) in [4.78, 5) is 11.6. The molecule has 2 aliphatic carbocycles. The Morgan fingerprint density at radius 2 is 2.08 bits per heavy atom. The van der Waals surface area contributed by atoms with Crippen LogP contribution in [-0.2, 0) is 4.79 Å². The molecule has 2 rings (SSSR count). The van der Waals surface area contributed by atoms with Crippen molar-refractivity contribution in [3.63, 3.8) is 0 Å². The Labute approximate surface area is 73.8 Å². The minimum absolute atomic E-state index is 0.223. The van der Waals surface area contributed by atoms with Crippen molar-refractivity contribution in [2.75, 3.05) is 0 Å². The number of rotatable bonds is 0. The van der Waals surface area contributed by atoms with Gasteiger partial charge in [-0.2, -0.15) is 0 Å². The van der Waals surface area contributed by atoms with Crippen LogP contribution in [0.25, 0.3) is 0 Å². The molecule has 0 heterocycles. The third kappa shape index (κ3) is 0.769. The summed E-state index contributed by atoms with van der Waals surface area (Å²) in [6.07, 6.45) is 1.08. The van der Waals surface area contributed by atoms with E-state index in [1.54, 1.807) is 0 Å². The van der Waals surface area contributed by atoms with E-state index in [1.165, 1.54) is 0 Å². The molecule has 0 spiro atoms. The second-order valence-corrected chi connectivity index (χ2v) is 4.93. The van der Waals surface area contributed by atoms with Gasteiger partial charge in [-0.05, 0) is 29.2 Å². The number of fused-ring (bicyclic) bond motifs is 1. The molecule has 2 saturated carbocycles. The van der Waals surface area contributed by atoms with E-state index in [4.69, 9.17) is 0 Å². The summed E-state index contributed by atoms with van der Waals surface area (Å²) in [7, 11) is 0. The molecule has 0 aliphatic heterocycles. The van der Waals surface area contributed by atoms with E-state index >= 15 is 0 Å². The van der Waals surface area contributed by atoms with Crippen LogP contribution in [0, 0.1) is 23.2 Å². The molecule has 0 radical (unpaired) electrons. The highest BCUT2D eigenvalue weighted by molar-refractivity contribution is 5.98. The Morgan fingerprint density at radius 3 is 2.67 bits per heavy atom. The van der Waals surface area contributed by atoms with Gasteiger partial charge in [0.2, 0.25) is 0 Å². The molecule has 0 amide bonds. The van der Waals surface area contributed by atoms with Gasteiger partial charge < -0.3 is 0 Å². The SMILES string of the molecule is C=C1C(=O)C(C)CC2C1C2(C)C. The highest BCUT2D eigenvalue weighted by Crippen LogP contribution is 2.66. The zero-order chi connectivity index (χ0) is 9.09. The van der Waals surface area contributed by atoms with Crippen LogP contribution in [0.2, 0.25) is 0 Å². The molecule has 2 fully saturated rings. The summed E-state index contributed by atoms with van der Waals surface area (Å²) in [5.41, 5.74) is 1.25. The number of allylic oxidation sites excluding steroid dienone is 1. The van der Waals surface area contributed by atoms with Gasteiger partial charge in [0.1, 0.15) is 0 Å². The van der Waals surface area contributed by atoms with Crippen LogP contribution in [0.1, 0.15) is 27.2 Å². The van der Waals surface area contributed by atoms with Crippen LogP contribution < -0.4 is 0 Å². The van der Waals surface area contributed by atoms with Crippen molar-refractivity contribution in [1.29, 1.82) is 0 Å².